The molecular weight excluding hydrogens is 184 g/mol. The first-order chi connectivity index (χ1) is 7.33. The summed E-state index contributed by atoms with van der Waals surface area (Å²) in [4.78, 5) is 11.9. The van der Waals surface area contributed by atoms with E-state index in [-0.39, 0.29) is 5.92 Å². The lowest BCUT2D eigenvalue weighted by Crippen LogP contribution is -2.08. The smallest absolute Gasteiger partial charge is 0.140 e. The van der Waals surface area contributed by atoms with E-state index in [2.05, 4.69) is 24.8 Å². The van der Waals surface area contributed by atoms with E-state index < -0.39 is 0 Å². The van der Waals surface area contributed by atoms with E-state index in [4.69, 9.17) is 0 Å². The molecular formula is C14H16O. The van der Waals surface area contributed by atoms with Crippen molar-refractivity contribution in [3.05, 3.63) is 48.0 Å². The van der Waals surface area contributed by atoms with Gasteiger partial charge in [-0.05, 0) is 30.4 Å². The van der Waals surface area contributed by atoms with Crippen LogP contribution in [0, 0.1) is 0 Å². The molecule has 0 saturated heterocycles. The van der Waals surface area contributed by atoms with Crippen molar-refractivity contribution in [3.8, 4) is 0 Å². The number of allylic oxidation sites excluding steroid dienone is 1. The summed E-state index contributed by atoms with van der Waals surface area (Å²) >= 11 is 0. The lowest BCUT2D eigenvalue weighted by atomic mass is 9.94. The second kappa shape index (κ2) is 4.43. The number of aryl methyl sites for hydroxylation is 1. The molecule has 0 bridgehead atoms. The van der Waals surface area contributed by atoms with Crippen molar-refractivity contribution in [2.75, 3.05) is 0 Å². The first-order valence-electron chi connectivity index (χ1n) is 5.54. The van der Waals surface area contributed by atoms with E-state index in [1.54, 1.807) is 0 Å². The third kappa shape index (κ3) is 2.01. The van der Waals surface area contributed by atoms with Gasteiger partial charge in [-0.25, -0.2) is 0 Å². The highest BCUT2D eigenvalue weighted by molar-refractivity contribution is 5.87. The van der Waals surface area contributed by atoms with Crippen LogP contribution in [0.4, 0.5) is 0 Å². The molecule has 1 atom stereocenters. The molecule has 1 aromatic rings. The third-order valence-electron chi connectivity index (χ3n) is 3.12. The van der Waals surface area contributed by atoms with Crippen molar-refractivity contribution >= 4 is 5.78 Å². The summed E-state index contributed by atoms with van der Waals surface area (Å²) in [5.41, 5.74) is 2.61. The Hall–Kier alpha value is -1.37. The average molecular weight is 200 g/mol. The van der Waals surface area contributed by atoms with E-state index in [1.165, 1.54) is 11.1 Å². The summed E-state index contributed by atoms with van der Waals surface area (Å²) in [6.07, 6.45) is 5.31. The normalized spacial score (nSPS) is 18.5. The molecule has 78 valence electrons. The Bertz CT molecular complexity index is 379. The molecule has 1 aliphatic rings. The number of Topliss-reactive ketones (excluding diaryl/α,β-unsaturated/α-hetero) is 1. The highest BCUT2D eigenvalue weighted by Crippen LogP contribution is 2.34. The van der Waals surface area contributed by atoms with Crippen molar-refractivity contribution < 1.29 is 4.79 Å². The van der Waals surface area contributed by atoms with Crippen LogP contribution >= 0.6 is 0 Å². The van der Waals surface area contributed by atoms with Gasteiger partial charge in [-0.15, -0.1) is 6.58 Å². The van der Waals surface area contributed by atoms with Crippen molar-refractivity contribution in [2.24, 2.45) is 0 Å². The number of carbonyl (C=O) groups excluding carboxylic acids is 1. The van der Waals surface area contributed by atoms with Gasteiger partial charge in [-0.2, -0.15) is 0 Å². The predicted octanol–water partition coefficient (Wildman–Crippen LogP) is 3.25. The molecule has 1 aliphatic carbocycles. The van der Waals surface area contributed by atoms with Gasteiger partial charge in [0.2, 0.25) is 0 Å². The molecule has 0 N–H and O–H groups in total. The summed E-state index contributed by atoms with van der Waals surface area (Å²) in [6.45, 7) is 3.65. The van der Waals surface area contributed by atoms with Gasteiger partial charge in [-0.3, -0.25) is 4.79 Å². The minimum Gasteiger partial charge on any atom is -0.299 e. The fraction of sp³-hybridized carbons (Fsp3) is 0.357. The largest absolute Gasteiger partial charge is 0.299 e. The van der Waals surface area contributed by atoms with Crippen LogP contribution in [0.15, 0.2) is 36.9 Å². The Balaban J connectivity index is 2.13. The van der Waals surface area contributed by atoms with E-state index in [0.717, 1.165) is 19.3 Å². The molecule has 1 heteroatoms. The van der Waals surface area contributed by atoms with Gasteiger partial charge in [0.05, 0.1) is 0 Å². The zero-order valence-corrected chi connectivity index (χ0v) is 8.91. The summed E-state index contributed by atoms with van der Waals surface area (Å²) in [5.74, 6) is 0.529. The predicted molar refractivity (Wildman–Crippen MR) is 61.9 cm³/mol. The average Bonchev–Trinajstić information content (AvgIpc) is 2.69. The van der Waals surface area contributed by atoms with Crippen LogP contribution in [-0.4, -0.2) is 5.78 Å². The quantitative estimate of drug-likeness (QED) is 0.682. The Morgan fingerprint density at radius 1 is 1.47 bits per heavy atom. The minimum absolute atomic E-state index is 0.154. The van der Waals surface area contributed by atoms with Gasteiger partial charge in [0.15, 0.2) is 0 Å². The molecule has 2 rings (SSSR count). The fourth-order valence-corrected chi connectivity index (χ4v) is 2.31. The van der Waals surface area contributed by atoms with Crippen molar-refractivity contribution in [1.82, 2.24) is 0 Å². The van der Waals surface area contributed by atoms with Crippen LogP contribution in [0.5, 0.6) is 0 Å². The van der Waals surface area contributed by atoms with Gasteiger partial charge in [0, 0.05) is 12.3 Å². The Morgan fingerprint density at radius 2 is 2.27 bits per heavy atom. The number of fused-ring (bicyclic) bond motifs is 1. The van der Waals surface area contributed by atoms with Gasteiger partial charge in [-0.1, -0.05) is 30.3 Å². The summed E-state index contributed by atoms with van der Waals surface area (Å²) in [6, 6.07) is 8.31. The maximum absolute atomic E-state index is 11.9. The number of benzene rings is 1. The Labute approximate surface area is 90.8 Å². The highest BCUT2D eigenvalue weighted by atomic mass is 16.1. The Morgan fingerprint density at radius 3 is 3.07 bits per heavy atom. The minimum atomic E-state index is 0.154. The molecule has 0 amide bonds. The SMILES string of the molecule is C=CCCC(=O)C1CCc2ccccc21. The van der Waals surface area contributed by atoms with Crippen LogP contribution in [0.1, 0.15) is 36.3 Å². The zero-order chi connectivity index (χ0) is 10.7. The second-order valence-electron chi connectivity index (χ2n) is 4.08. The number of ketones is 1. The van der Waals surface area contributed by atoms with Crippen LogP contribution in [0.2, 0.25) is 0 Å². The first-order valence-corrected chi connectivity index (χ1v) is 5.54. The number of hydrogen-bond acceptors (Lipinski definition) is 1. The number of carbonyl (C=O) groups is 1. The monoisotopic (exact) mass is 200 g/mol. The summed E-state index contributed by atoms with van der Waals surface area (Å²) in [5, 5.41) is 0. The van der Waals surface area contributed by atoms with Gasteiger partial charge >= 0.3 is 0 Å². The molecule has 0 aliphatic heterocycles. The van der Waals surface area contributed by atoms with Crippen molar-refractivity contribution in [3.63, 3.8) is 0 Å². The number of rotatable bonds is 4. The summed E-state index contributed by atoms with van der Waals surface area (Å²) in [7, 11) is 0. The van der Waals surface area contributed by atoms with Gasteiger partial charge in [0.25, 0.3) is 0 Å². The van der Waals surface area contributed by atoms with E-state index in [0.29, 0.717) is 12.2 Å². The van der Waals surface area contributed by atoms with Crippen LogP contribution in [-0.2, 0) is 11.2 Å². The van der Waals surface area contributed by atoms with Crippen LogP contribution in [0.3, 0.4) is 0 Å². The maximum atomic E-state index is 11.9. The fourth-order valence-electron chi connectivity index (χ4n) is 2.31. The van der Waals surface area contributed by atoms with Crippen molar-refractivity contribution in [1.29, 1.82) is 0 Å². The van der Waals surface area contributed by atoms with E-state index >= 15 is 0 Å². The van der Waals surface area contributed by atoms with E-state index in [9.17, 15) is 4.79 Å². The molecule has 0 heterocycles. The molecule has 0 saturated carbocycles. The topological polar surface area (TPSA) is 17.1 Å². The molecule has 0 spiro atoms. The molecule has 0 fully saturated rings. The number of hydrogen-bond donors (Lipinski definition) is 0. The van der Waals surface area contributed by atoms with Crippen LogP contribution < -0.4 is 0 Å². The molecule has 0 aromatic heterocycles. The van der Waals surface area contributed by atoms with Crippen LogP contribution in [0.25, 0.3) is 0 Å². The second-order valence-corrected chi connectivity index (χ2v) is 4.08. The molecule has 1 aromatic carbocycles. The molecule has 1 unspecified atom stereocenters. The van der Waals surface area contributed by atoms with Gasteiger partial charge in [0.1, 0.15) is 5.78 Å². The van der Waals surface area contributed by atoms with E-state index in [1.807, 2.05) is 12.1 Å². The first kappa shape index (κ1) is 10.2. The molecule has 0 radical (unpaired) electrons. The summed E-state index contributed by atoms with van der Waals surface area (Å²) < 4.78 is 0. The maximum Gasteiger partial charge on any atom is 0.140 e. The third-order valence-corrected chi connectivity index (χ3v) is 3.12. The lowest BCUT2D eigenvalue weighted by molar-refractivity contribution is -0.120. The Kier molecular flexibility index (Phi) is 3.00. The highest BCUT2D eigenvalue weighted by Gasteiger charge is 2.26. The lowest BCUT2D eigenvalue weighted by Gasteiger charge is -2.09. The standard InChI is InChI=1S/C14H16O/c1-2-3-8-14(15)13-10-9-11-6-4-5-7-12(11)13/h2,4-7,13H,1,3,8-10H2. The molecule has 15 heavy (non-hydrogen) atoms. The molecule has 1 nitrogen and oxygen atoms in total. The van der Waals surface area contributed by atoms with Crippen molar-refractivity contribution in [2.45, 2.75) is 31.6 Å². The zero-order valence-electron chi connectivity index (χ0n) is 8.91. The van der Waals surface area contributed by atoms with Gasteiger partial charge < -0.3 is 0 Å².